The molecule has 0 fully saturated rings. The maximum Gasteiger partial charge on any atom is 0.123 e. The smallest absolute Gasteiger partial charge is 0.123 e. The number of halogens is 2. The van der Waals surface area contributed by atoms with Crippen molar-refractivity contribution >= 4 is 17.9 Å². The zero-order valence-corrected chi connectivity index (χ0v) is 7.09. The third-order valence-corrected chi connectivity index (χ3v) is 1.97. The number of carbonyl (C=O) groups is 1. The van der Waals surface area contributed by atoms with Crippen molar-refractivity contribution in [3.05, 3.63) is 35.6 Å². The van der Waals surface area contributed by atoms with Crippen molar-refractivity contribution in [3.63, 3.8) is 0 Å². The molecular formula is C9H8ClFO. The Hall–Kier alpha value is -0.890. The van der Waals surface area contributed by atoms with E-state index in [4.69, 9.17) is 11.6 Å². The molecule has 3 heteroatoms. The van der Waals surface area contributed by atoms with Crippen molar-refractivity contribution in [3.8, 4) is 0 Å². The fraction of sp³-hybridized carbons (Fsp3) is 0.222. The van der Waals surface area contributed by atoms with Crippen LogP contribution < -0.4 is 0 Å². The van der Waals surface area contributed by atoms with Gasteiger partial charge in [-0.3, -0.25) is 0 Å². The molecule has 0 spiro atoms. The minimum absolute atomic E-state index is 0.257. The standard InChI is InChI=1S/C9H8ClFO/c10-9(5-6-12)7-1-3-8(11)4-2-7/h1-4,6,9H,5H2/t9-/m0/s1. The van der Waals surface area contributed by atoms with Gasteiger partial charge in [-0.1, -0.05) is 12.1 Å². The van der Waals surface area contributed by atoms with Gasteiger partial charge in [-0.15, -0.1) is 11.6 Å². The normalized spacial score (nSPS) is 12.5. The quantitative estimate of drug-likeness (QED) is 0.524. The lowest BCUT2D eigenvalue weighted by molar-refractivity contribution is -0.107. The highest BCUT2D eigenvalue weighted by atomic mass is 35.5. The van der Waals surface area contributed by atoms with Gasteiger partial charge < -0.3 is 4.79 Å². The zero-order chi connectivity index (χ0) is 8.97. The molecule has 0 unspecified atom stereocenters. The van der Waals surface area contributed by atoms with Crippen LogP contribution in [-0.4, -0.2) is 6.29 Å². The highest BCUT2D eigenvalue weighted by molar-refractivity contribution is 6.21. The molecule has 1 nitrogen and oxygen atoms in total. The van der Waals surface area contributed by atoms with Crippen LogP contribution >= 0.6 is 11.6 Å². The predicted octanol–water partition coefficient (Wildman–Crippen LogP) is 2.69. The summed E-state index contributed by atoms with van der Waals surface area (Å²) in [6, 6.07) is 5.82. The summed E-state index contributed by atoms with van der Waals surface area (Å²) in [6.07, 6.45) is 1.01. The second-order valence-electron chi connectivity index (χ2n) is 2.42. The molecule has 1 aromatic rings. The molecule has 0 saturated carbocycles. The molecule has 0 aliphatic carbocycles. The van der Waals surface area contributed by atoms with E-state index >= 15 is 0 Å². The first-order chi connectivity index (χ1) is 5.74. The summed E-state index contributed by atoms with van der Waals surface area (Å²) in [7, 11) is 0. The second-order valence-corrected chi connectivity index (χ2v) is 2.95. The van der Waals surface area contributed by atoms with E-state index in [0.29, 0.717) is 0 Å². The van der Waals surface area contributed by atoms with Gasteiger partial charge in [-0.2, -0.15) is 0 Å². The minimum atomic E-state index is -0.344. The third kappa shape index (κ3) is 2.31. The Labute approximate surface area is 75.2 Å². The van der Waals surface area contributed by atoms with Crippen molar-refractivity contribution in [2.45, 2.75) is 11.8 Å². The van der Waals surface area contributed by atoms with Crippen molar-refractivity contribution in [2.75, 3.05) is 0 Å². The van der Waals surface area contributed by atoms with E-state index in [0.717, 1.165) is 11.8 Å². The van der Waals surface area contributed by atoms with Gasteiger partial charge in [0.25, 0.3) is 0 Å². The number of alkyl halides is 1. The predicted molar refractivity (Wildman–Crippen MR) is 45.7 cm³/mol. The SMILES string of the molecule is O=CC[C@H](Cl)c1ccc(F)cc1. The summed E-state index contributed by atoms with van der Waals surface area (Å²) >= 11 is 5.80. The van der Waals surface area contributed by atoms with E-state index in [1.165, 1.54) is 12.1 Å². The molecule has 1 aromatic carbocycles. The first-order valence-electron chi connectivity index (χ1n) is 3.57. The Balaban J connectivity index is 2.74. The summed E-state index contributed by atoms with van der Waals surface area (Å²) in [4.78, 5) is 10.1. The molecule has 0 aromatic heterocycles. The lowest BCUT2D eigenvalue weighted by atomic mass is 10.1. The molecule has 64 valence electrons. The fourth-order valence-electron chi connectivity index (χ4n) is 0.892. The Morgan fingerprint density at radius 2 is 2.00 bits per heavy atom. The molecule has 1 atom stereocenters. The van der Waals surface area contributed by atoms with Gasteiger partial charge in [0.05, 0.1) is 5.38 Å². The maximum atomic E-state index is 12.4. The van der Waals surface area contributed by atoms with Crippen LogP contribution in [0, 0.1) is 5.82 Å². The summed E-state index contributed by atoms with van der Waals surface area (Å²) in [5, 5.41) is -0.344. The molecule has 0 radical (unpaired) electrons. The van der Waals surface area contributed by atoms with E-state index in [1.54, 1.807) is 12.1 Å². The number of carbonyl (C=O) groups excluding carboxylic acids is 1. The van der Waals surface area contributed by atoms with Gasteiger partial charge in [0.2, 0.25) is 0 Å². The molecule has 0 bridgehead atoms. The summed E-state index contributed by atoms with van der Waals surface area (Å²) < 4.78 is 12.4. The van der Waals surface area contributed by atoms with Crippen LogP contribution in [0.4, 0.5) is 4.39 Å². The molecule has 0 N–H and O–H groups in total. The molecular weight excluding hydrogens is 179 g/mol. The Morgan fingerprint density at radius 1 is 1.42 bits per heavy atom. The van der Waals surface area contributed by atoms with Crippen molar-refractivity contribution < 1.29 is 9.18 Å². The molecule has 0 amide bonds. The van der Waals surface area contributed by atoms with Gasteiger partial charge in [-0.25, -0.2) is 4.39 Å². The zero-order valence-electron chi connectivity index (χ0n) is 6.34. The van der Waals surface area contributed by atoms with Gasteiger partial charge in [0, 0.05) is 6.42 Å². The van der Waals surface area contributed by atoms with E-state index in [1.807, 2.05) is 0 Å². The molecule has 0 heterocycles. The summed E-state index contributed by atoms with van der Waals surface area (Å²) in [5.74, 6) is -0.297. The van der Waals surface area contributed by atoms with Gasteiger partial charge in [0.15, 0.2) is 0 Å². The second kappa shape index (κ2) is 4.21. The van der Waals surface area contributed by atoms with Gasteiger partial charge in [-0.05, 0) is 17.7 Å². The van der Waals surface area contributed by atoms with Gasteiger partial charge >= 0.3 is 0 Å². The van der Waals surface area contributed by atoms with Crippen molar-refractivity contribution in [2.24, 2.45) is 0 Å². The Morgan fingerprint density at radius 3 is 2.50 bits per heavy atom. The van der Waals surface area contributed by atoms with E-state index in [9.17, 15) is 9.18 Å². The van der Waals surface area contributed by atoms with Crippen LogP contribution in [0.15, 0.2) is 24.3 Å². The van der Waals surface area contributed by atoms with Crippen LogP contribution in [0.3, 0.4) is 0 Å². The number of rotatable bonds is 3. The highest BCUT2D eigenvalue weighted by Crippen LogP contribution is 2.22. The average molecular weight is 187 g/mol. The summed E-state index contributed by atoms with van der Waals surface area (Å²) in [6.45, 7) is 0. The van der Waals surface area contributed by atoms with Crippen LogP contribution in [0.2, 0.25) is 0 Å². The van der Waals surface area contributed by atoms with Crippen LogP contribution in [0.25, 0.3) is 0 Å². The molecule has 0 aliphatic rings. The number of hydrogen-bond donors (Lipinski definition) is 0. The van der Waals surface area contributed by atoms with E-state index in [2.05, 4.69) is 0 Å². The molecule has 0 saturated heterocycles. The number of hydrogen-bond acceptors (Lipinski definition) is 1. The topological polar surface area (TPSA) is 17.1 Å². The Kier molecular flexibility index (Phi) is 3.23. The number of aldehydes is 1. The first kappa shape index (κ1) is 9.20. The van der Waals surface area contributed by atoms with Crippen molar-refractivity contribution in [1.29, 1.82) is 0 Å². The largest absolute Gasteiger partial charge is 0.303 e. The highest BCUT2D eigenvalue weighted by Gasteiger charge is 2.05. The number of benzene rings is 1. The lowest BCUT2D eigenvalue weighted by Crippen LogP contribution is -1.90. The van der Waals surface area contributed by atoms with Gasteiger partial charge in [0.1, 0.15) is 12.1 Å². The lowest BCUT2D eigenvalue weighted by Gasteiger charge is -2.04. The average Bonchev–Trinajstić information content (AvgIpc) is 2.06. The van der Waals surface area contributed by atoms with E-state index < -0.39 is 0 Å². The van der Waals surface area contributed by atoms with Crippen LogP contribution in [0.1, 0.15) is 17.4 Å². The minimum Gasteiger partial charge on any atom is -0.303 e. The Bertz CT molecular complexity index is 258. The van der Waals surface area contributed by atoms with Crippen LogP contribution in [-0.2, 0) is 4.79 Å². The monoisotopic (exact) mass is 186 g/mol. The third-order valence-electron chi connectivity index (χ3n) is 1.53. The molecule has 0 aliphatic heterocycles. The first-order valence-corrected chi connectivity index (χ1v) is 4.01. The van der Waals surface area contributed by atoms with Crippen molar-refractivity contribution in [1.82, 2.24) is 0 Å². The molecule has 1 rings (SSSR count). The maximum absolute atomic E-state index is 12.4. The van der Waals surface area contributed by atoms with E-state index in [-0.39, 0.29) is 17.6 Å². The van der Waals surface area contributed by atoms with Crippen LogP contribution in [0.5, 0.6) is 0 Å². The summed E-state index contributed by atoms with van der Waals surface area (Å²) in [5.41, 5.74) is 0.769. The molecule has 12 heavy (non-hydrogen) atoms. The fourth-order valence-corrected chi connectivity index (χ4v) is 1.11.